The third kappa shape index (κ3) is 7.08. The molecule has 0 aromatic heterocycles. The second-order valence-corrected chi connectivity index (χ2v) is 7.28. The maximum atomic E-state index is 13.6. The van der Waals surface area contributed by atoms with Crippen LogP contribution in [-0.2, 0) is 9.59 Å². The lowest BCUT2D eigenvalue weighted by Crippen LogP contribution is -2.39. The predicted molar refractivity (Wildman–Crippen MR) is 104 cm³/mol. The first-order valence-corrected chi connectivity index (χ1v) is 9.71. The maximum absolute atomic E-state index is 13.6. The quantitative estimate of drug-likeness (QED) is 0.684. The number of hydrogen-bond donors (Lipinski definition) is 1. The molecule has 3 amide bonds. The number of likely N-dealkylation sites (N-methyl/N-ethyl adjacent to an activating group) is 1. The Balaban J connectivity index is 1.71. The molecule has 9 heteroatoms. The summed E-state index contributed by atoms with van der Waals surface area (Å²) in [6.45, 7) is 3.18. The number of nitrogens with zero attached hydrogens (tertiary/aromatic N) is 3. The van der Waals surface area contributed by atoms with Crippen molar-refractivity contribution in [2.45, 2.75) is 19.3 Å². The second kappa shape index (κ2) is 10.8. The Labute approximate surface area is 169 Å². The Morgan fingerprint density at radius 1 is 1.10 bits per heavy atom. The van der Waals surface area contributed by atoms with Crippen molar-refractivity contribution in [3.8, 4) is 0 Å². The van der Waals surface area contributed by atoms with E-state index in [0.29, 0.717) is 38.7 Å². The highest BCUT2D eigenvalue weighted by molar-refractivity contribution is 5.94. The molecule has 160 valence electrons. The zero-order valence-electron chi connectivity index (χ0n) is 16.9. The molecule has 1 heterocycles. The van der Waals surface area contributed by atoms with Crippen LogP contribution in [0.4, 0.5) is 8.78 Å². The zero-order valence-corrected chi connectivity index (χ0v) is 16.9. The highest BCUT2D eigenvalue weighted by atomic mass is 19.1. The average Bonchev–Trinajstić information content (AvgIpc) is 2.90. The van der Waals surface area contributed by atoms with Gasteiger partial charge in [-0.25, -0.2) is 8.78 Å². The lowest BCUT2D eigenvalue weighted by atomic mass is 10.2. The van der Waals surface area contributed by atoms with Crippen LogP contribution in [0.15, 0.2) is 18.2 Å². The van der Waals surface area contributed by atoms with Gasteiger partial charge < -0.3 is 15.1 Å². The SMILES string of the molecule is CN(C)C(=O)CN1CCCN(C(=O)CCCNC(=O)c2ccc(F)cc2F)CC1. The van der Waals surface area contributed by atoms with Gasteiger partial charge in [0.2, 0.25) is 11.8 Å². The molecule has 7 nitrogen and oxygen atoms in total. The lowest BCUT2D eigenvalue weighted by molar-refractivity contribution is -0.131. The minimum Gasteiger partial charge on any atom is -0.352 e. The van der Waals surface area contributed by atoms with Gasteiger partial charge in [-0.1, -0.05) is 0 Å². The third-order valence-corrected chi connectivity index (χ3v) is 4.83. The molecular weight excluding hydrogens is 382 g/mol. The predicted octanol–water partition coefficient (Wildman–Crippen LogP) is 1.10. The number of carbonyl (C=O) groups excluding carboxylic acids is 3. The van der Waals surface area contributed by atoms with E-state index in [1.54, 1.807) is 23.9 Å². The van der Waals surface area contributed by atoms with Crippen molar-refractivity contribution in [1.29, 1.82) is 0 Å². The largest absolute Gasteiger partial charge is 0.352 e. The molecule has 0 radical (unpaired) electrons. The van der Waals surface area contributed by atoms with Crippen LogP contribution in [0.1, 0.15) is 29.6 Å². The van der Waals surface area contributed by atoms with Crippen molar-refractivity contribution >= 4 is 17.7 Å². The van der Waals surface area contributed by atoms with E-state index in [-0.39, 0.29) is 30.3 Å². The van der Waals surface area contributed by atoms with Gasteiger partial charge in [-0.2, -0.15) is 0 Å². The van der Waals surface area contributed by atoms with Crippen LogP contribution in [0.3, 0.4) is 0 Å². The summed E-state index contributed by atoms with van der Waals surface area (Å²) < 4.78 is 26.5. The molecule has 1 aromatic carbocycles. The highest BCUT2D eigenvalue weighted by Gasteiger charge is 2.21. The Morgan fingerprint density at radius 2 is 1.86 bits per heavy atom. The molecule has 0 unspecified atom stereocenters. The van der Waals surface area contributed by atoms with Gasteiger partial charge in [0.05, 0.1) is 12.1 Å². The van der Waals surface area contributed by atoms with Gasteiger partial charge in [-0.15, -0.1) is 0 Å². The fourth-order valence-corrected chi connectivity index (χ4v) is 3.08. The van der Waals surface area contributed by atoms with Crippen molar-refractivity contribution in [2.75, 3.05) is 53.4 Å². The minimum absolute atomic E-state index is 0.00648. The van der Waals surface area contributed by atoms with Crippen molar-refractivity contribution < 1.29 is 23.2 Å². The summed E-state index contributed by atoms with van der Waals surface area (Å²) in [7, 11) is 3.44. The Bertz CT molecular complexity index is 742. The monoisotopic (exact) mass is 410 g/mol. The second-order valence-electron chi connectivity index (χ2n) is 7.28. The summed E-state index contributed by atoms with van der Waals surface area (Å²) in [6, 6.07) is 2.78. The molecule has 0 spiro atoms. The van der Waals surface area contributed by atoms with Gasteiger partial charge in [-0.3, -0.25) is 19.3 Å². The fraction of sp³-hybridized carbons (Fsp3) is 0.550. The highest BCUT2D eigenvalue weighted by Crippen LogP contribution is 2.10. The smallest absolute Gasteiger partial charge is 0.254 e. The van der Waals surface area contributed by atoms with Gasteiger partial charge in [-0.05, 0) is 25.0 Å². The van der Waals surface area contributed by atoms with Gasteiger partial charge in [0.25, 0.3) is 5.91 Å². The molecular formula is C20H28F2N4O3. The Morgan fingerprint density at radius 3 is 2.55 bits per heavy atom. The van der Waals surface area contributed by atoms with Crippen LogP contribution in [0.25, 0.3) is 0 Å². The van der Waals surface area contributed by atoms with Crippen molar-refractivity contribution in [1.82, 2.24) is 20.0 Å². The van der Waals surface area contributed by atoms with Crippen molar-refractivity contribution in [2.24, 2.45) is 0 Å². The van der Waals surface area contributed by atoms with E-state index in [0.717, 1.165) is 25.1 Å². The van der Waals surface area contributed by atoms with Crippen LogP contribution in [0.2, 0.25) is 0 Å². The van der Waals surface area contributed by atoms with E-state index in [9.17, 15) is 23.2 Å². The van der Waals surface area contributed by atoms with Gasteiger partial charge >= 0.3 is 0 Å². The fourth-order valence-electron chi connectivity index (χ4n) is 3.08. The Kier molecular flexibility index (Phi) is 8.50. The molecule has 1 aliphatic heterocycles. The summed E-state index contributed by atoms with van der Waals surface area (Å²) in [5, 5.41) is 2.55. The molecule has 1 saturated heterocycles. The lowest BCUT2D eigenvalue weighted by Gasteiger charge is -2.22. The molecule has 0 bridgehead atoms. The van der Waals surface area contributed by atoms with Gasteiger partial charge in [0.1, 0.15) is 11.6 Å². The topological polar surface area (TPSA) is 73.0 Å². The van der Waals surface area contributed by atoms with E-state index in [1.807, 2.05) is 4.90 Å². The average molecular weight is 410 g/mol. The number of hydrogen-bond acceptors (Lipinski definition) is 4. The van der Waals surface area contributed by atoms with Crippen LogP contribution in [0.5, 0.6) is 0 Å². The first kappa shape index (κ1) is 22.7. The number of halogens is 2. The molecule has 1 aliphatic rings. The van der Waals surface area contributed by atoms with Crippen molar-refractivity contribution in [3.05, 3.63) is 35.4 Å². The standard InChI is InChI=1S/C20H28F2N4O3/c1-24(2)19(28)14-25-9-4-10-26(12-11-25)18(27)5-3-8-23-20(29)16-7-6-15(21)13-17(16)22/h6-7,13H,3-5,8-12,14H2,1-2H3,(H,23,29). The number of amides is 3. The number of nitrogens with one attached hydrogen (secondary N) is 1. The van der Waals surface area contributed by atoms with Crippen LogP contribution in [-0.4, -0.2) is 85.8 Å². The number of benzene rings is 1. The normalized spacial score (nSPS) is 15.0. The molecule has 29 heavy (non-hydrogen) atoms. The number of rotatable bonds is 7. The van der Waals surface area contributed by atoms with E-state index in [4.69, 9.17) is 0 Å². The van der Waals surface area contributed by atoms with E-state index in [2.05, 4.69) is 5.32 Å². The first-order valence-electron chi connectivity index (χ1n) is 9.71. The van der Waals surface area contributed by atoms with Gasteiger partial charge in [0.15, 0.2) is 0 Å². The summed E-state index contributed by atoms with van der Waals surface area (Å²) in [5.74, 6) is -2.26. The van der Waals surface area contributed by atoms with Crippen molar-refractivity contribution in [3.63, 3.8) is 0 Å². The molecule has 1 fully saturated rings. The third-order valence-electron chi connectivity index (χ3n) is 4.83. The van der Waals surface area contributed by atoms with Crippen LogP contribution < -0.4 is 5.32 Å². The first-order chi connectivity index (χ1) is 13.8. The van der Waals surface area contributed by atoms with Crippen LogP contribution >= 0.6 is 0 Å². The zero-order chi connectivity index (χ0) is 21.4. The molecule has 0 saturated carbocycles. The van der Waals surface area contributed by atoms with E-state index >= 15 is 0 Å². The minimum atomic E-state index is -0.916. The van der Waals surface area contributed by atoms with E-state index < -0.39 is 17.5 Å². The summed E-state index contributed by atoms with van der Waals surface area (Å²) in [5.41, 5.74) is -0.224. The van der Waals surface area contributed by atoms with Crippen LogP contribution in [0, 0.1) is 11.6 Å². The Hall–Kier alpha value is -2.55. The molecule has 0 aliphatic carbocycles. The maximum Gasteiger partial charge on any atom is 0.254 e. The summed E-state index contributed by atoms with van der Waals surface area (Å²) >= 11 is 0. The molecule has 1 aromatic rings. The number of carbonyl (C=O) groups is 3. The molecule has 0 atom stereocenters. The van der Waals surface area contributed by atoms with Gasteiger partial charge in [0, 0.05) is 59.3 Å². The summed E-state index contributed by atoms with van der Waals surface area (Å²) in [4.78, 5) is 41.6. The van der Waals surface area contributed by atoms with E-state index in [1.165, 1.54) is 0 Å². The summed E-state index contributed by atoms with van der Waals surface area (Å²) in [6.07, 6.45) is 1.49. The molecule has 2 rings (SSSR count). The molecule has 1 N–H and O–H groups in total.